The summed E-state index contributed by atoms with van der Waals surface area (Å²) in [6.45, 7) is 4.00. The van der Waals surface area contributed by atoms with Gasteiger partial charge in [-0.15, -0.1) is 0 Å². The van der Waals surface area contributed by atoms with Crippen molar-refractivity contribution < 1.29 is 0 Å². The topological polar surface area (TPSA) is 0 Å². The summed E-state index contributed by atoms with van der Waals surface area (Å²) < 4.78 is 0. The Bertz CT molecular complexity index is 87.7. The second-order valence-corrected chi connectivity index (χ2v) is 2.38. The molecule has 1 rings (SSSR count). The molecule has 0 unspecified atom stereocenters. The molecule has 0 radical (unpaired) electrons. The molecule has 0 atom stereocenters. The molecule has 0 heterocycles. The summed E-state index contributed by atoms with van der Waals surface area (Å²) >= 11 is 1.75. The number of benzene rings is 1. The van der Waals surface area contributed by atoms with Crippen molar-refractivity contribution in [3.63, 3.8) is 0 Å². The fourth-order valence-corrected chi connectivity index (χ4v) is 0.385. The molecule has 0 nitrogen and oxygen atoms in total. The number of thioether (sulfide) groups is 1. The minimum absolute atomic E-state index is 1.75. The lowest BCUT2D eigenvalue weighted by Crippen LogP contribution is -1.47. The van der Waals surface area contributed by atoms with E-state index in [1.807, 2.05) is 62.8 Å². The summed E-state index contributed by atoms with van der Waals surface area (Å²) in [6.07, 6.45) is 4.08. The second kappa shape index (κ2) is 16.3. The molecule has 0 aliphatic heterocycles. The van der Waals surface area contributed by atoms with E-state index in [1.165, 1.54) is 0 Å². The smallest absolute Gasteiger partial charge is 0.0187 e. The highest BCUT2D eigenvalue weighted by atomic mass is 32.2. The predicted molar refractivity (Wildman–Crippen MR) is 57.2 cm³/mol. The number of hydrogen-bond donors (Lipinski definition) is 0. The monoisotopic (exact) mass is 170 g/mol. The normalized spacial score (nSPS) is 6.55. The largest absolute Gasteiger partial charge is 0.169 e. The molecule has 1 heteroatoms. The van der Waals surface area contributed by atoms with Crippen LogP contribution in [0.5, 0.6) is 0 Å². The Morgan fingerprint density at radius 2 is 0.727 bits per heavy atom. The van der Waals surface area contributed by atoms with Gasteiger partial charge in [0.25, 0.3) is 0 Å². The van der Waals surface area contributed by atoms with E-state index in [9.17, 15) is 0 Å². The van der Waals surface area contributed by atoms with Crippen LogP contribution < -0.4 is 0 Å². The highest BCUT2D eigenvalue weighted by Crippen LogP contribution is 1.79. The molecule has 0 aliphatic rings. The van der Waals surface area contributed by atoms with E-state index in [0.717, 1.165) is 0 Å². The van der Waals surface area contributed by atoms with Crippen LogP contribution in [0.25, 0.3) is 0 Å². The summed E-state index contributed by atoms with van der Waals surface area (Å²) in [5.41, 5.74) is 0. The zero-order chi connectivity index (χ0) is 8.95. The highest BCUT2D eigenvalue weighted by Gasteiger charge is 1.57. The standard InChI is InChI=1S/C6H6.C2H6S.C2H6/c1-2-4-6-5-3-1;1-3-2;1-2/h1-6H;1-2H3;1-2H3. The Labute approximate surface area is 75.0 Å². The van der Waals surface area contributed by atoms with Gasteiger partial charge in [-0.2, -0.15) is 11.8 Å². The number of hydrogen-bond acceptors (Lipinski definition) is 1. The van der Waals surface area contributed by atoms with Gasteiger partial charge in [-0.05, 0) is 12.5 Å². The lowest BCUT2D eigenvalue weighted by molar-refractivity contribution is 1.50. The highest BCUT2D eigenvalue weighted by molar-refractivity contribution is 7.97. The summed E-state index contributed by atoms with van der Waals surface area (Å²) in [5.74, 6) is 0. The van der Waals surface area contributed by atoms with Crippen molar-refractivity contribution in [3.05, 3.63) is 36.4 Å². The molecule has 0 aromatic heterocycles. The van der Waals surface area contributed by atoms with Crippen LogP contribution in [0, 0.1) is 0 Å². The minimum atomic E-state index is 1.75. The first kappa shape index (κ1) is 13.2. The van der Waals surface area contributed by atoms with E-state index < -0.39 is 0 Å². The molecule has 0 N–H and O–H groups in total. The van der Waals surface area contributed by atoms with Crippen LogP contribution in [0.2, 0.25) is 0 Å². The molecular weight excluding hydrogens is 152 g/mol. The van der Waals surface area contributed by atoms with Crippen molar-refractivity contribution in [2.75, 3.05) is 12.5 Å². The third kappa shape index (κ3) is 17.7. The molecule has 11 heavy (non-hydrogen) atoms. The molecule has 0 aliphatic carbocycles. The Hall–Kier alpha value is -0.430. The van der Waals surface area contributed by atoms with Crippen molar-refractivity contribution in [2.24, 2.45) is 0 Å². The average molecular weight is 170 g/mol. The summed E-state index contributed by atoms with van der Waals surface area (Å²) in [4.78, 5) is 0. The third-order valence-electron chi connectivity index (χ3n) is 0.667. The van der Waals surface area contributed by atoms with Crippen molar-refractivity contribution in [1.82, 2.24) is 0 Å². The van der Waals surface area contributed by atoms with Gasteiger partial charge in [0.2, 0.25) is 0 Å². The molecule has 1 aromatic rings. The van der Waals surface area contributed by atoms with Crippen LogP contribution >= 0.6 is 11.8 Å². The maximum absolute atomic E-state index is 2.04. The lowest BCUT2D eigenvalue weighted by Gasteiger charge is -1.69. The zero-order valence-electron chi connectivity index (χ0n) is 7.87. The van der Waals surface area contributed by atoms with Crippen molar-refractivity contribution in [2.45, 2.75) is 13.8 Å². The van der Waals surface area contributed by atoms with Gasteiger partial charge in [-0.25, -0.2) is 0 Å². The first-order valence-corrected chi connectivity index (χ1v) is 5.45. The summed E-state index contributed by atoms with van der Waals surface area (Å²) in [7, 11) is 0. The van der Waals surface area contributed by atoms with Gasteiger partial charge in [0.1, 0.15) is 0 Å². The van der Waals surface area contributed by atoms with Crippen LogP contribution in [-0.2, 0) is 0 Å². The van der Waals surface area contributed by atoms with Crippen LogP contribution in [0.3, 0.4) is 0 Å². The van der Waals surface area contributed by atoms with Crippen molar-refractivity contribution in [3.8, 4) is 0 Å². The molecule has 0 bridgehead atoms. The molecule has 0 spiro atoms. The maximum Gasteiger partial charge on any atom is -0.0187 e. The van der Waals surface area contributed by atoms with E-state index in [4.69, 9.17) is 0 Å². The Morgan fingerprint density at radius 3 is 0.818 bits per heavy atom. The zero-order valence-corrected chi connectivity index (χ0v) is 8.69. The van der Waals surface area contributed by atoms with Gasteiger partial charge in [-0.1, -0.05) is 50.2 Å². The molecule has 64 valence electrons. The summed E-state index contributed by atoms with van der Waals surface area (Å²) in [6, 6.07) is 12.0. The van der Waals surface area contributed by atoms with Crippen LogP contribution in [0.4, 0.5) is 0 Å². The fraction of sp³-hybridized carbons (Fsp3) is 0.400. The van der Waals surface area contributed by atoms with Gasteiger partial charge < -0.3 is 0 Å². The quantitative estimate of drug-likeness (QED) is 0.572. The van der Waals surface area contributed by atoms with Gasteiger partial charge in [0.05, 0.1) is 0 Å². The van der Waals surface area contributed by atoms with E-state index in [1.54, 1.807) is 11.8 Å². The molecule has 1 aromatic carbocycles. The second-order valence-electron chi connectivity index (χ2n) is 1.56. The predicted octanol–water partition coefficient (Wildman–Crippen LogP) is 3.69. The first-order chi connectivity index (χ1) is 5.41. The minimum Gasteiger partial charge on any atom is -0.169 e. The van der Waals surface area contributed by atoms with Crippen molar-refractivity contribution in [1.29, 1.82) is 0 Å². The number of rotatable bonds is 0. The molecule has 0 amide bonds. The maximum atomic E-state index is 2.04. The SMILES string of the molecule is CC.CSC.c1ccccc1. The van der Waals surface area contributed by atoms with Crippen LogP contribution in [0.1, 0.15) is 13.8 Å². The van der Waals surface area contributed by atoms with Gasteiger partial charge >= 0.3 is 0 Å². The van der Waals surface area contributed by atoms with E-state index in [2.05, 4.69) is 0 Å². The Morgan fingerprint density at radius 1 is 0.636 bits per heavy atom. The fourth-order valence-electron chi connectivity index (χ4n) is 0.385. The van der Waals surface area contributed by atoms with Gasteiger partial charge in [0, 0.05) is 0 Å². The molecule has 0 saturated carbocycles. The van der Waals surface area contributed by atoms with Gasteiger partial charge in [-0.3, -0.25) is 0 Å². The summed E-state index contributed by atoms with van der Waals surface area (Å²) in [5, 5.41) is 0. The Kier molecular flexibility index (Phi) is 19.5. The molecule has 0 fully saturated rings. The average Bonchev–Trinajstić information content (AvgIpc) is 2.12. The van der Waals surface area contributed by atoms with E-state index >= 15 is 0 Å². The van der Waals surface area contributed by atoms with E-state index in [0.29, 0.717) is 0 Å². The van der Waals surface area contributed by atoms with Crippen LogP contribution in [-0.4, -0.2) is 12.5 Å². The Balaban J connectivity index is 0. The molecular formula is C10H18S. The van der Waals surface area contributed by atoms with Gasteiger partial charge in [0.15, 0.2) is 0 Å². The molecule has 0 saturated heterocycles. The van der Waals surface area contributed by atoms with Crippen molar-refractivity contribution >= 4 is 11.8 Å². The first-order valence-electron chi connectivity index (χ1n) is 3.82. The lowest BCUT2D eigenvalue weighted by atomic mass is 10.4. The third-order valence-corrected chi connectivity index (χ3v) is 0.667. The van der Waals surface area contributed by atoms with E-state index in [-0.39, 0.29) is 0 Å². The van der Waals surface area contributed by atoms with Crippen LogP contribution in [0.15, 0.2) is 36.4 Å².